The molecule has 0 aliphatic heterocycles. The summed E-state index contributed by atoms with van der Waals surface area (Å²) in [5.41, 5.74) is 4.74. The molecular formula is C33H43N3O4. The molecule has 214 valence electrons. The minimum Gasteiger partial charge on any atom is -0.495 e. The van der Waals surface area contributed by atoms with Crippen molar-refractivity contribution in [2.45, 2.75) is 90.1 Å². The molecule has 3 aromatic rings. The fourth-order valence-electron chi connectivity index (χ4n) is 6.29. The van der Waals surface area contributed by atoms with E-state index in [0.717, 1.165) is 72.6 Å². The topological polar surface area (TPSA) is 88.7 Å². The number of amides is 1. The van der Waals surface area contributed by atoms with Crippen LogP contribution in [0.1, 0.15) is 94.3 Å². The molecule has 2 heterocycles. The fourth-order valence-corrected chi connectivity index (χ4v) is 6.29. The Hall–Kier alpha value is -3.19. The van der Waals surface area contributed by atoms with Crippen LogP contribution in [0.15, 0.2) is 47.1 Å². The van der Waals surface area contributed by atoms with Crippen molar-refractivity contribution in [2.24, 2.45) is 11.8 Å². The minimum atomic E-state index is -0.284. The van der Waals surface area contributed by atoms with Gasteiger partial charge in [-0.3, -0.25) is 9.78 Å². The number of rotatable bonds is 8. The van der Waals surface area contributed by atoms with E-state index in [1.54, 1.807) is 13.4 Å². The third-order valence-corrected chi connectivity index (χ3v) is 8.77. The highest BCUT2D eigenvalue weighted by Crippen LogP contribution is 2.38. The second-order valence-corrected chi connectivity index (χ2v) is 12.0. The molecule has 5 rings (SSSR count). The quantitative estimate of drug-likeness (QED) is 0.327. The molecule has 0 saturated heterocycles. The van der Waals surface area contributed by atoms with Crippen LogP contribution in [0.5, 0.6) is 5.75 Å². The van der Waals surface area contributed by atoms with Gasteiger partial charge in [0.15, 0.2) is 5.89 Å². The lowest BCUT2D eigenvalue weighted by atomic mass is 9.79. The van der Waals surface area contributed by atoms with Gasteiger partial charge in [0.25, 0.3) is 0 Å². The fraction of sp³-hybridized carbons (Fsp3) is 0.545. The Balaban J connectivity index is 1.33. The Morgan fingerprint density at radius 3 is 2.45 bits per heavy atom. The molecule has 0 radical (unpaired) electrons. The second kappa shape index (κ2) is 12.5. The molecule has 0 atom stereocenters. The van der Waals surface area contributed by atoms with Gasteiger partial charge in [-0.15, -0.1) is 0 Å². The summed E-state index contributed by atoms with van der Waals surface area (Å²) in [6, 6.07) is 12.3. The van der Waals surface area contributed by atoms with Crippen molar-refractivity contribution in [1.29, 1.82) is 0 Å². The van der Waals surface area contributed by atoms with Crippen molar-refractivity contribution < 1.29 is 19.1 Å². The van der Waals surface area contributed by atoms with E-state index in [1.807, 2.05) is 36.1 Å². The molecule has 2 aliphatic carbocycles. The highest BCUT2D eigenvalue weighted by atomic mass is 16.5. The van der Waals surface area contributed by atoms with Crippen molar-refractivity contribution >= 4 is 11.6 Å². The van der Waals surface area contributed by atoms with E-state index in [-0.39, 0.29) is 23.8 Å². The van der Waals surface area contributed by atoms with Gasteiger partial charge in [0.05, 0.1) is 18.9 Å². The van der Waals surface area contributed by atoms with Gasteiger partial charge in [0.2, 0.25) is 5.91 Å². The summed E-state index contributed by atoms with van der Waals surface area (Å²) in [6.45, 7) is 6.83. The number of benzene rings is 1. The summed E-state index contributed by atoms with van der Waals surface area (Å²) in [4.78, 5) is 25.5. The number of ether oxygens (including phenoxy) is 1. The maximum absolute atomic E-state index is 14.0. The Morgan fingerprint density at radius 1 is 1.05 bits per heavy atom. The van der Waals surface area contributed by atoms with Crippen molar-refractivity contribution in [1.82, 2.24) is 9.97 Å². The number of hydrogen-bond acceptors (Lipinski definition) is 6. The number of carbonyl (C=O) groups excluding carboxylic acids is 1. The zero-order chi connectivity index (χ0) is 28.2. The Labute approximate surface area is 238 Å². The van der Waals surface area contributed by atoms with Crippen LogP contribution in [0, 0.1) is 18.8 Å². The lowest BCUT2D eigenvalue weighted by molar-refractivity contribution is -0.124. The van der Waals surface area contributed by atoms with Crippen LogP contribution in [0.25, 0.3) is 11.3 Å². The molecule has 0 bridgehead atoms. The second-order valence-electron chi connectivity index (χ2n) is 12.0. The highest BCUT2D eigenvalue weighted by Gasteiger charge is 2.32. The number of nitrogens with zero attached hydrogens (tertiary/aromatic N) is 3. The first kappa shape index (κ1) is 28.3. The molecule has 0 spiro atoms. The first-order valence-electron chi connectivity index (χ1n) is 14.9. The van der Waals surface area contributed by atoms with E-state index in [2.05, 4.69) is 31.0 Å². The third kappa shape index (κ3) is 6.41. The first-order chi connectivity index (χ1) is 19.3. The summed E-state index contributed by atoms with van der Waals surface area (Å²) in [6.07, 6.45) is 8.56. The maximum Gasteiger partial charge on any atom is 0.230 e. The lowest BCUT2D eigenvalue weighted by Gasteiger charge is -2.35. The Kier molecular flexibility index (Phi) is 8.89. The summed E-state index contributed by atoms with van der Waals surface area (Å²) >= 11 is 0. The monoisotopic (exact) mass is 545 g/mol. The minimum absolute atomic E-state index is 0.0468. The third-order valence-electron chi connectivity index (χ3n) is 8.77. The molecule has 0 unspecified atom stereocenters. The molecule has 2 fully saturated rings. The lowest BCUT2D eigenvalue weighted by Crippen LogP contribution is -2.41. The molecule has 1 amide bonds. The SMILES string of the molecule is COc1ccc([C@H]2CC[C@H](CN(c3cccc(-c4coc(C(C)C)n4)c3)C(=O)[C@H]3CC[C@H](O)CC3)CC2)nc1C. The number of aryl methyl sites for hydroxylation is 1. The summed E-state index contributed by atoms with van der Waals surface area (Å²) in [5, 5.41) is 10.0. The first-order valence-corrected chi connectivity index (χ1v) is 14.9. The van der Waals surface area contributed by atoms with Gasteiger partial charge in [-0.1, -0.05) is 26.0 Å². The maximum atomic E-state index is 14.0. The average molecular weight is 546 g/mol. The zero-order valence-electron chi connectivity index (χ0n) is 24.3. The summed E-state index contributed by atoms with van der Waals surface area (Å²) in [5.74, 6) is 2.76. The van der Waals surface area contributed by atoms with Crippen LogP contribution in [-0.2, 0) is 4.79 Å². The molecule has 2 aromatic heterocycles. The number of methoxy groups -OCH3 is 1. The van der Waals surface area contributed by atoms with E-state index in [9.17, 15) is 9.90 Å². The Bertz CT molecular complexity index is 1290. The van der Waals surface area contributed by atoms with Crippen molar-refractivity contribution in [3.63, 3.8) is 0 Å². The molecule has 1 aromatic carbocycles. The summed E-state index contributed by atoms with van der Waals surface area (Å²) in [7, 11) is 1.68. The van der Waals surface area contributed by atoms with Crippen LogP contribution < -0.4 is 9.64 Å². The smallest absolute Gasteiger partial charge is 0.230 e. The average Bonchev–Trinajstić information content (AvgIpc) is 3.47. The highest BCUT2D eigenvalue weighted by molar-refractivity contribution is 5.95. The van der Waals surface area contributed by atoms with Gasteiger partial charge < -0.3 is 19.2 Å². The number of oxazole rings is 1. The molecule has 1 N–H and O–H groups in total. The number of pyridine rings is 1. The molecule has 7 heteroatoms. The largest absolute Gasteiger partial charge is 0.495 e. The molecular weight excluding hydrogens is 502 g/mol. The van der Waals surface area contributed by atoms with Crippen LogP contribution in [0.4, 0.5) is 5.69 Å². The molecule has 40 heavy (non-hydrogen) atoms. The summed E-state index contributed by atoms with van der Waals surface area (Å²) < 4.78 is 11.1. The van der Waals surface area contributed by atoms with Crippen LogP contribution >= 0.6 is 0 Å². The number of aromatic nitrogens is 2. The van der Waals surface area contributed by atoms with Crippen molar-refractivity contribution in [3.8, 4) is 17.0 Å². The van der Waals surface area contributed by atoms with E-state index < -0.39 is 0 Å². The van der Waals surface area contributed by atoms with Gasteiger partial charge in [0.1, 0.15) is 17.7 Å². The van der Waals surface area contributed by atoms with Crippen molar-refractivity contribution in [2.75, 3.05) is 18.6 Å². The number of carbonyl (C=O) groups is 1. The molecule has 2 saturated carbocycles. The molecule has 7 nitrogen and oxygen atoms in total. The van der Waals surface area contributed by atoms with Gasteiger partial charge in [0, 0.05) is 41.2 Å². The number of aliphatic hydroxyl groups excluding tert-OH is 1. The van der Waals surface area contributed by atoms with E-state index in [4.69, 9.17) is 14.1 Å². The van der Waals surface area contributed by atoms with E-state index >= 15 is 0 Å². The van der Waals surface area contributed by atoms with Crippen LogP contribution in [0.2, 0.25) is 0 Å². The van der Waals surface area contributed by atoms with Crippen LogP contribution in [-0.4, -0.2) is 40.7 Å². The van der Waals surface area contributed by atoms with Gasteiger partial charge in [-0.05, 0) is 88.5 Å². The van der Waals surface area contributed by atoms with E-state index in [1.165, 1.54) is 0 Å². The van der Waals surface area contributed by atoms with Crippen molar-refractivity contribution in [3.05, 3.63) is 59.9 Å². The predicted octanol–water partition coefficient (Wildman–Crippen LogP) is 7.04. The number of anilines is 1. The predicted molar refractivity (Wildman–Crippen MR) is 157 cm³/mol. The molecule has 2 aliphatic rings. The zero-order valence-corrected chi connectivity index (χ0v) is 24.3. The number of hydrogen-bond donors (Lipinski definition) is 1. The van der Waals surface area contributed by atoms with Gasteiger partial charge in [-0.25, -0.2) is 4.98 Å². The number of aliphatic hydroxyl groups is 1. The van der Waals surface area contributed by atoms with Gasteiger partial charge >= 0.3 is 0 Å². The van der Waals surface area contributed by atoms with Crippen LogP contribution in [0.3, 0.4) is 0 Å². The Morgan fingerprint density at radius 2 is 1.80 bits per heavy atom. The standard InChI is InChI=1S/C33H43N3O4/c1-21(2)32-35-30(20-40-32)26-6-5-7-27(18-26)36(33(38)25-12-14-28(37)15-13-25)19-23-8-10-24(11-9-23)29-16-17-31(39-4)22(3)34-29/h5-7,16-18,20-21,23-25,28,37H,8-15,19H2,1-4H3/t23-,24-,25-,28-. The van der Waals surface area contributed by atoms with Gasteiger partial charge in [-0.2, -0.15) is 0 Å². The van der Waals surface area contributed by atoms with E-state index in [0.29, 0.717) is 37.1 Å². The normalized spacial score (nSPS) is 23.2.